The van der Waals surface area contributed by atoms with E-state index in [1.54, 1.807) is 30.1 Å². The standard InChI is InChI=1S/C17H20FN3O2/c1-21-15(7-10-19-21)14(11-23-2)20-16(22)17(8-9-17)12-3-5-13(18)6-4-12/h3-7,10,14H,8-9,11H2,1-2H3,(H,20,22). The Balaban J connectivity index is 1.79. The SMILES string of the molecule is COCC(NC(=O)C1(c2ccc(F)cc2)CC1)c1ccnn1C. The zero-order valence-electron chi connectivity index (χ0n) is 13.3. The van der Waals surface area contributed by atoms with E-state index in [1.807, 2.05) is 13.1 Å². The number of aromatic nitrogens is 2. The highest BCUT2D eigenvalue weighted by atomic mass is 19.1. The van der Waals surface area contributed by atoms with E-state index in [4.69, 9.17) is 4.74 Å². The minimum absolute atomic E-state index is 0.0487. The molecular formula is C17H20FN3O2. The number of carbonyl (C=O) groups excluding carboxylic acids is 1. The molecule has 0 spiro atoms. The number of hydrogen-bond donors (Lipinski definition) is 1. The van der Waals surface area contributed by atoms with E-state index in [1.165, 1.54) is 12.1 Å². The molecular weight excluding hydrogens is 297 g/mol. The molecule has 1 fully saturated rings. The minimum Gasteiger partial charge on any atom is -0.382 e. The zero-order valence-corrected chi connectivity index (χ0v) is 13.3. The number of methoxy groups -OCH3 is 1. The Kier molecular flexibility index (Phi) is 4.17. The van der Waals surface area contributed by atoms with Crippen molar-refractivity contribution in [2.75, 3.05) is 13.7 Å². The third-order valence-corrected chi connectivity index (χ3v) is 4.44. The van der Waals surface area contributed by atoms with Crippen molar-refractivity contribution < 1.29 is 13.9 Å². The summed E-state index contributed by atoms with van der Waals surface area (Å²) in [5, 5.41) is 7.20. The average molecular weight is 317 g/mol. The number of benzene rings is 1. The van der Waals surface area contributed by atoms with Gasteiger partial charge in [-0.1, -0.05) is 12.1 Å². The Morgan fingerprint density at radius 2 is 2.09 bits per heavy atom. The minimum atomic E-state index is -0.543. The maximum Gasteiger partial charge on any atom is 0.231 e. The van der Waals surface area contributed by atoms with Crippen molar-refractivity contribution in [2.24, 2.45) is 7.05 Å². The van der Waals surface area contributed by atoms with E-state index in [0.29, 0.717) is 6.61 Å². The fraction of sp³-hybridized carbons (Fsp3) is 0.412. The van der Waals surface area contributed by atoms with Gasteiger partial charge in [-0.25, -0.2) is 4.39 Å². The van der Waals surface area contributed by atoms with Crippen LogP contribution < -0.4 is 5.32 Å². The van der Waals surface area contributed by atoms with E-state index < -0.39 is 5.41 Å². The molecule has 0 aliphatic heterocycles. The van der Waals surface area contributed by atoms with Gasteiger partial charge in [0.25, 0.3) is 0 Å². The predicted octanol–water partition coefficient (Wildman–Crippen LogP) is 2.09. The molecule has 2 aromatic rings. The molecule has 1 aromatic carbocycles. The van der Waals surface area contributed by atoms with Crippen molar-refractivity contribution in [3.8, 4) is 0 Å². The van der Waals surface area contributed by atoms with Gasteiger partial charge in [-0.2, -0.15) is 5.10 Å². The number of halogens is 1. The van der Waals surface area contributed by atoms with Gasteiger partial charge >= 0.3 is 0 Å². The lowest BCUT2D eigenvalue weighted by atomic mass is 9.94. The topological polar surface area (TPSA) is 56.1 Å². The Labute approximate surface area is 134 Å². The summed E-state index contributed by atoms with van der Waals surface area (Å²) in [6.07, 6.45) is 3.24. The molecule has 122 valence electrons. The van der Waals surface area contributed by atoms with Crippen LogP contribution in [-0.4, -0.2) is 29.4 Å². The Morgan fingerprint density at radius 3 is 2.61 bits per heavy atom. The molecule has 0 saturated heterocycles. The fourth-order valence-electron chi connectivity index (χ4n) is 2.93. The molecule has 0 radical (unpaired) electrons. The molecule has 1 aliphatic rings. The van der Waals surface area contributed by atoms with E-state index in [0.717, 1.165) is 24.1 Å². The smallest absolute Gasteiger partial charge is 0.231 e. The fourth-order valence-corrected chi connectivity index (χ4v) is 2.93. The third kappa shape index (κ3) is 2.99. The van der Waals surface area contributed by atoms with Crippen molar-refractivity contribution in [1.82, 2.24) is 15.1 Å². The quantitative estimate of drug-likeness (QED) is 0.887. The number of amides is 1. The monoisotopic (exact) mass is 317 g/mol. The summed E-state index contributed by atoms with van der Waals surface area (Å²) in [4.78, 5) is 12.8. The van der Waals surface area contributed by atoms with Gasteiger partial charge in [0.2, 0.25) is 5.91 Å². The Morgan fingerprint density at radius 1 is 1.39 bits per heavy atom. The van der Waals surface area contributed by atoms with Gasteiger partial charge in [0.15, 0.2) is 0 Å². The Bertz CT molecular complexity index is 692. The van der Waals surface area contributed by atoms with Crippen LogP contribution in [0.25, 0.3) is 0 Å². The number of aryl methyl sites for hydroxylation is 1. The maximum atomic E-state index is 13.1. The first-order valence-corrected chi connectivity index (χ1v) is 7.61. The molecule has 1 N–H and O–H groups in total. The van der Waals surface area contributed by atoms with E-state index in [-0.39, 0.29) is 17.8 Å². The number of carbonyl (C=O) groups is 1. The van der Waals surface area contributed by atoms with E-state index >= 15 is 0 Å². The molecule has 1 atom stereocenters. The van der Waals surface area contributed by atoms with E-state index in [2.05, 4.69) is 10.4 Å². The lowest BCUT2D eigenvalue weighted by Crippen LogP contribution is -2.39. The highest BCUT2D eigenvalue weighted by Crippen LogP contribution is 2.48. The number of nitrogens with one attached hydrogen (secondary N) is 1. The molecule has 1 heterocycles. The number of hydrogen-bond acceptors (Lipinski definition) is 3. The average Bonchev–Trinajstić information content (AvgIpc) is 3.24. The van der Waals surface area contributed by atoms with Gasteiger partial charge in [-0.05, 0) is 36.6 Å². The predicted molar refractivity (Wildman–Crippen MR) is 83.3 cm³/mol. The van der Waals surface area contributed by atoms with Crippen LogP contribution in [-0.2, 0) is 22.0 Å². The summed E-state index contributed by atoms with van der Waals surface area (Å²) in [6, 6.07) is 7.78. The van der Waals surface area contributed by atoms with Gasteiger partial charge < -0.3 is 10.1 Å². The lowest BCUT2D eigenvalue weighted by Gasteiger charge is -2.22. The summed E-state index contributed by atoms with van der Waals surface area (Å²) in [6.45, 7) is 0.366. The molecule has 0 bridgehead atoms. The molecule has 5 nitrogen and oxygen atoms in total. The first-order chi connectivity index (χ1) is 11.1. The zero-order chi connectivity index (χ0) is 16.4. The van der Waals surface area contributed by atoms with Gasteiger partial charge in [0.1, 0.15) is 5.82 Å². The van der Waals surface area contributed by atoms with Crippen LogP contribution in [0.15, 0.2) is 36.5 Å². The molecule has 1 saturated carbocycles. The number of ether oxygens (including phenoxy) is 1. The van der Waals surface area contributed by atoms with Crippen LogP contribution in [0, 0.1) is 5.82 Å². The van der Waals surface area contributed by atoms with Gasteiger partial charge in [0, 0.05) is 20.4 Å². The van der Waals surface area contributed by atoms with Gasteiger partial charge in [-0.15, -0.1) is 0 Å². The van der Waals surface area contributed by atoms with Gasteiger partial charge in [0.05, 0.1) is 23.8 Å². The molecule has 1 aromatic heterocycles. The molecule has 23 heavy (non-hydrogen) atoms. The van der Waals surface area contributed by atoms with Crippen LogP contribution in [0.5, 0.6) is 0 Å². The first-order valence-electron chi connectivity index (χ1n) is 7.61. The summed E-state index contributed by atoms with van der Waals surface area (Å²) < 4.78 is 20.1. The summed E-state index contributed by atoms with van der Waals surface area (Å²) >= 11 is 0. The molecule has 3 rings (SSSR count). The Hall–Kier alpha value is -2.21. The van der Waals surface area contributed by atoms with Crippen LogP contribution in [0.4, 0.5) is 4.39 Å². The highest BCUT2D eigenvalue weighted by molar-refractivity contribution is 5.91. The van der Waals surface area contributed by atoms with Gasteiger partial charge in [-0.3, -0.25) is 9.48 Å². The largest absolute Gasteiger partial charge is 0.382 e. The summed E-state index contributed by atoms with van der Waals surface area (Å²) in [5.41, 5.74) is 1.20. The highest BCUT2D eigenvalue weighted by Gasteiger charge is 2.51. The van der Waals surface area contributed by atoms with Crippen molar-refractivity contribution >= 4 is 5.91 Å². The molecule has 1 aliphatic carbocycles. The van der Waals surface area contributed by atoms with Crippen LogP contribution in [0.3, 0.4) is 0 Å². The third-order valence-electron chi connectivity index (χ3n) is 4.44. The second-order valence-corrected chi connectivity index (χ2v) is 5.95. The second-order valence-electron chi connectivity index (χ2n) is 5.95. The molecule has 1 amide bonds. The molecule has 6 heteroatoms. The normalized spacial score (nSPS) is 16.8. The second kappa shape index (κ2) is 6.12. The first kappa shape index (κ1) is 15.7. The maximum absolute atomic E-state index is 13.1. The van der Waals surface area contributed by atoms with Crippen molar-refractivity contribution in [3.05, 3.63) is 53.6 Å². The number of rotatable bonds is 6. The van der Waals surface area contributed by atoms with Crippen molar-refractivity contribution in [1.29, 1.82) is 0 Å². The van der Waals surface area contributed by atoms with Crippen LogP contribution in [0.1, 0.15) is 30.1 Å². The van der Waals surface area contributed by atoms with Crippen LogP contribution >= 0.6 is 0 Å². The summed E-state index contributed by atoms with van der Waals surface area (Å²) in [5.74, 6) is -0.343. The van der Waals surface area contributed by atoms with E-state index in [9.17, 15) is 9.18 Å². The number of nitrogens with zero attached hydrogens (tertiary/aromatic N) is 2. The lowest BCUT2D eigenvalue weighted by molar-refractivity contribution is -0.124. The van der Waals surface area contributed by atoms with Crippen LogP contribution in [0.2, 0.25) is 0 Å². The van der Waals surface area contributed by atoms with Crippen molar-refractivity contribution in [3.63, 3.8) is 0 Å². The summed E-state index contributed by atoms with van der Waals surface area (Å²) in [7, 11) is 3.43. The van der Waals surface area contributed by atoms with Crippen molar-refractivity contribution in [2.45, 2.75) is 24.3 Å². The molecule has 1 unspecified atom stereocenters.